The Morgan fingerprint density at radius 1 is 0.514 bits per heavy atom. The maximum atomic E-state index is 2.59. The zero-order chi connectivity index (χ0) is 25.4. The first-order valence-corrected chi connectivity index (χ1v) is 15.5. The average Bonchev–Trinajstić information content (AvgIpc) is 2.84. The second kappa shape index (κ2) is 23.2. The maximum absolute atomic E-state index is 2.59. The summed E-state index contributed by atoms with van der Waals surface area (Å²) in [6.07, 6.45) is 30.1. The maximum Gasteiger partial charge on any atom is 0.0172 e. The molecule has 0 aliphatic rings. The van der Waals surface area contributed by atoms with Crippen molar-refractivity contribution in [2.45, 2.75) is 143 Å². The van der Waals surface area contributed by atoms with E-state index in [1.807, 2.05) is 0 Å². The van der Waals surface area contributed by atoms with E-state index in [0.29, 0.717) is 0 Å². The minimum absolute atomic E-state index is 0.873. The Balaban J connectivity index is 2.16. The van der Waals surface area contributed by atoms with E-state index in [-0.39, 0.29) is 0 Å². The van der Waals surface area contributed by atoms with E-state index in [1.54, 1.807) is 0 Å². The van der Waals surface area contributed by atoms with Gasteiger partial charge >= 0.3 is 0 Å². The van der Waals surface area contributed by atoms with Crippen molar-refractivity contribution in [3.63, 3.8) is 0 Å². The van der Waals surface area contributed by atoms with Gasteiger partial charge in [0.25, 0.3) is 0 Å². The third-order valence-corrected chi connectivity index (χ3v) is 7.23. The molecule has 0 spiro atoms. The van der Waals surface area contributed by atoms with Gasteiger partial charge < -0.3 is 4.90 Å². The Labute approximate surface area is 221 Å². The summed E-state index contributed by atoms with van der Waals surface area (Å²) in [6.45, 7) is 11.8. The second-order valence-corrected chi connectivity index (χ2v) is 11.8. The summed E-state index contributed by atoms with van der Waals surface area (Å²) < 4.78 is 0. The summed E-state index contributed by atoms with van der Waals surface area (Å²) in [4.78, 5) is 2.59. The molecule has 1 aromatic rings. The predicted octanol–water partition coefficient (Wildman–Crippen LogP) is 11.3. The van der Waals surface area contributed by atoms with Gasteiger partial charge in [-0.15, -0.1) is 0 Å². The summed E-state index contributed by atoms with van der Waals surface area (Å²) in [5, 5.41) is 0. The molecule has 202 valence electrons. The molecule has 0 saturated carbocycles. The van der Waals surface area contributed by atoms with E-state index in [2.05, 4.69) is 75.2 Å². The molecule has 1 rings (SSSR count). The molecule has 0 aliphatic heterocycles. The third kappa shape index (κ3) is 21.7. The number of benzene rings is 1. The van der Waals surface area contributed by atoms with Gasteiger partial charge in [0.05, 0.1) is 0 Å². The van der Waals surface area contributed by atoms with Crippen molar-refractivity contribution < 1.29 is 0 Å². The van der Waals surface area contributed by atoms with Crippen LogP contribution < -0.4 is 0 Å². The second-order valence-electron chi connectivity index (χ2n) is 11.8. The van der Waals surface area contributed by atoms with Gasteiger partial charge in [0, 0.05) is 13.1 Å². The molecule has 0 heterocycles. The number of hydrogen-bond acceptors (Lipinski definition) is 1. The number of hydrogen-bond donors (Lipinski definition) is 0. The molecule has 0 aliphatic carbocycles. The van der Waals surface area contributed by atoms with Crippen molar-refractivity contribution in [1.82, 2.24) is 4.90 Å². The zero-order valence-electron chi connectivity index (χ0n) is 24.3. The SMILES string of the molecule is CC(C)CCCCCCCCCCN(C=Cc1ccccc1)CCCCCCCCCCC(C)C. The van der Waals surface area contributed by atoms with Crippen LogP contribution in [0.1, 0.15) is 149 Å². The minimum Gasteiger partial charge on any atom is -0.377 e. The van der Waals surface area contributed by atoms with E-state index in [1.165, 1.54) is 134 Å². The minimum atomic E-state index is 0.873. The van der Waals surface area contributed by atoms with Gasteiger partial charge in [-0.25, -0.2) is 0 Å². The molecular weight excluding hydrogens is 422 g/mol. The highest BCUT2D eigenvalue weighted by atomic mass is 15.1. The standard InChI is InChI=1S/C34H61N/c1-32(2)24-18-13-9-5-7-11-15-22-29-35(31-28-34-26-20-17-21-27-34)30-23-16-12-8-6-10-14-19-25-33(3)4/h17,20-21,26-28,31-33H,5-16,18-19,22-25,29-30H2,1-4H3. The predicted molar refractivity (Wildman–Crippen MR) is 160 cm³/mol. The molecule has 0 bridgehead atoms. The summed E-state index contributed by atoms with van der Waals surface area (Å²) in [6, 6.07) is 10.8. The molecule has 35 heavy (non-hydrogen) atoms. The van der Waals surface area contributed by atoms with Gasteiger partial charge in [-0.05, 0) is 42.5 Å². The normalized spacial score (nSPS) is 11.8. The molecule has 0 saturated heterocycles. The molecule has 0 radical (unpaired) electrons. The van der Waals surface area contributed by atoms with E-state index in [0.717, 1.165) is 11.8 Å². The van der Waals surface area contributed by atoms with Crippen LogP contribution in [-0.2, 0) is 0 Å². The van der Waals surface area contributed by atoms with Gasteiger partial charge in [-0.2, -0.15) is 0 Å². The van der Waals surface area contributed by atoms with Gasteiger partial charge in [0.1, 0.15) is 0 Å². The van der Waals surface area contributed by atoms with Crippen LogP contribution in [0, 0.1) is 11.8 Å². The van der Waals surface area contributed by atoms with Crippen LogP contribution in [0.3, 0.4) is 0 Å². The summed E-state index contributed by atoms with van der Waals surface area (Å²) in [5.41, 5.74) is 1.31. The number of rotatable bonds is 24. The summed E-state index contributed by atoms with van der Waals surface area (Å²) in [7, 11) is 0. The van der Waals surface area contributed by atoms with Gasteiger partial charge in [0.15, 0.2) is 0 Å². The third-order valence-electron chi connectivity index (χ3n) is 7.23. The van der Waals surface area contributed by atoms with E-state index in [4.69, 9.17) is 0 Å². The van der Waals surface area contributed by atoms with E-state index < -0.39 is 0 Å². The molecule has 1 aromatic carbocycles. The average molecular weight is 484 g/mol. The van der Waals surface area contributed by atoms with Crippen LogP contribution >= 0.6 is 0 Å². The van der Waals surface area contributed by atoms with Crippen LogP contribution in [0.25, 0.3) is 6.08 Å². The first-order chi connectivity index (χ1) is 17.1. The Morgan fingerprint density at radius 3 is 1.29 bits per heavy atom. The highest BCUT2D eigenvalue weighted by Gasteiger charge is 2.02. The molecule has 1 nitrogen and oxygen atoms in total. The lowest BCUT2D eigenvalue weighted by Gasteiger charge is -2.20. The van der Waals surface area contributed by atoms with Crippen LogP contribution in [0.15, 0.2) is 36.5 Å². The largest absolute Gasteiger partial charge is 0.377 e. The molecular formula is C34H61N. The van der Waals surface area contributed by atoms with Gasteiger partial charge in [-0.1, -0.05) is 161 Å². The van der Waals surface area contributed by atoms with Crippen molar-refractivity contribution in [2.75, 3.05) is 13.1 Å². The molecule has 1 heteroatoms. The topological polar surface area (TPSA) is 3.24 Å². The van der Waals surface area contributed by atoms with Gasteiger partial charge in [-0.3, -0.25) is 0 Å². The Bertz CT molecular complexity index is 546. The van der Waals surface area contributed by atoms with Gasteiger partial charge in [0.2, 0.25) is 0 Å². The van der Waals surface area contributed by atoms with Crippen molar-refractivity contribution in [2.24, 2.45) is 11.8 Å². The quantitative estimate of drug-likeness (QED) is 0.132. The molecule has 0 N–H and O–H groups in total. The van der Waals surface area contributed by atoms with Crippen molar-refractivity contribution in [3.8, 4) is 0 Å². The van der Waals surface area contributed by atoms with Crippen molar-refractivity contribution >= 4 is 6.08 Å². The highest BCUT2D eigenvalue weighted by molar-refractivity contribution is 5.48. The fourth-order valence-corrected chi connectivity index (χ4v) is 4.87. The molecule has 0 atom stereocenters. The van der Waals surface area contributed by atoms with Crippen LogP contribution in [0.2, 0.25) is 0 Å². The highest BCUT2D eigenvalue weighted by Crippen LogP contribution is 2.15. The number of unbranched alkanes of at least 4 members (excludes halogenated alkanes) is 14. The zero-order valence-corrected chi connectivity index (χ0v) is 24.3. The first-order valence-electron chi connectivity index (χ1n) is 15.5. The lowest BCUT2D eigenvalue weighted by atomic mass is 10.0. The lowest BCUT2D eigenvalue weighted by molar-refractivity contribution is 0.350. The first kappa shape index (κ1) is 31.8. The molecule has 0 fully saturated rings. The lowest BCUT2D eigenvalue weighted by Crippen LogP contribution is -2.20. The van der Waals surface area contributed by atoms with Crippen LogP contribution in [-0.4, -0.2) is 18.0 Å². The Hall–Kier alpha value is -1.24. The van der Waals surface area contributed by atoms with Crippen LogP contribution in [0.5, 0.6) is 0 Å². The fraction of sp³-hybridized carbons (Fsp3) is 0.765. The van der Waals surface area contributed by atoms with E-state index in [9.17, 15) is 0 Å². The Kier molecular flexibility index (Phi) is 21.1. The molecule has 0 unspecified atom stereocenters. The molecule has 0 aromatic heterocycles. The summed E-state index contributed by atoms with van der Waals surface area (Å²) >= 11 is 0. The van der Waals surface area contributed by atoms with Crippen LogP contribution in [0.4, 0.5) is 0 Å². The van der Waals surface area contributed by atoms with Crippen molar-refractivity contribution in [3.05, 3.63) is 42.1 Å². The molecule has 0 amide bonds. The monoisotopic (exact) mass is 483 g/mol. The smallest absolute Gasteiger partial charge is 0.0172 e. The van der Waals surface area contributed by atoms with Crippen molar-refractivity contribution in [1.29, 1.82) is 0 Å². The fourth-order valence-electron chi connectivity index (χ4n) is 4.87. The Morgan fingerprint density at radius 2 is 0.886 bits per heavy atom. The summed E-state index contributed by atoms with van der Waals surface area (Å²) in [5.74, 6) is 1.75. The number of nitrogens with zero attached hydrogens (tertiary/aromatic N) is 1. The van der Waals surface area contributed by atoms with E-state index >= 15 is 0 Å².